The molecule has 0 amide bonds. The lowest BCUT2D eigenvalue weighted by molar-refractivity contribution is 1.49. The fourth-order valence-corrected chi connectivity index (χ4v) is 23.1. The fourth-order valence-electron chi connectivity index (χ4n) is 10.0. The summed E-state index contributed by atoms with van der Waals surface area (Å²) in [4.78, 5) is 0. The molecular formula is C62H54Si3. The molecule has 0 aliphatic heterocycles. The number of aryl methyl sites for hydroxylation is 1. The Bertz CT molecular complexity index is 2750. The summed E-state index contributed by atoms with van der Waals surface area (Å²) in [5, 5.41) is 15.5. The van der Waals surface area contributed by atoms with Crippen molar-refractivity contribution in [2.75, 3.05) is 0 Å². The van der Waals surface area contributed by atoms with E-state index in [2.05, 4.69) is 305 Å². The fraction of sp³-hybridized carbons (Fsp3) is 0.0323. The zero-order chi connectivity index (χ0) is 44.4. The van der Waals surface area contributed by atoms with Crippen LogP contribution in [0.2, 0.25) is 6.55 Å². The first-order valence-corrected chi connectivity index (χ1v) is 29.2. The summed E-state index contributed by atoms with van der Waals surface area (Å²) in [6.07, 6.45) is 0. The molecule has 0 fully saturated rings. The highest BCUT2D eigenvalue weighted by Gasteiger charge is 2.44. The third kappa shape index (κ3) is 8.38. The Morgan fingerprint density at radius 3 is 0.538 bits per heavy atom. The Kier molecular flexibility index (Phi) is 13.1. The van der Waals surface area contributed by atoms with E-state index in [-0.39, 0.29) is 0 Å². The largest absolute Gasteiger partial charge is 0.179 e. The average molecular weight is 883 g/mol. The van der Waals surface area contributed by atoms with Crippen LogP contribution in [0.1, 0.15) is 5.56 Å². The van der Waals surface area contributed by atoms with Gasteiger partial charge in [0.05, 0.1) is 0 Å². The molecule has 3 heteroatoms. The van der Waals surface area contributed by atoms with E-state index in [1.165, 1.54) is 62.6 Å². The molecule has 0 radical (unpaired) electrons. The van der Waals surface area contributed by atoms with Crippen LogP contribution >= 0.6 is 0 Å². The van der Waals surface area contributed by atoms with Crippen molar-refractivity contribution in [2.24, 2.45) is 0 Å². The summed E-state index contributed by atoms with van der Waals surface area (Å²) in [7, 11) is -7.12. The van der Waals surface area contributed by atoms with Crippen LogP contribution < -0.4 is 57.1 Å². The SMILES string of the molecule is C[Si](c1ccccc1)(c1ccccc1)c1ccccc1.Cc1ccc([Si](c2ccccc2)(c2ccccc2)c2ccc([Si](c3ccccc3)(c3ccccc3)c3ccccc3)cc2)cc1. The van der Waals surface area contributed by atoms with Crippen LogP contribution in [-0.4, -0.2) is 24.2 Å². The van der Waals surface area contributed by atoms with E-state index in [9.17, 15) is 0 Å². The Hall–Kier alpha value is -7.15. The van der Waals surface area contributed by atoms with Gasteiger partial charge in [-0.25, -0.2) is 0 Å². The van der Waals surface area contributed by atoms with Crippen LogP contribution in [0.3, 0.4) is 0 Å². The smallest absolute Gasteiger partial charge is 0.0624 e. The van der Waals surface area contributed by atoms with Gasteiger partial charge in [-0.3, -0.25) is 0 Å². The zero-order valence-electron chi connectivity index (χ0n) is 37.2. The van der Waals surface area contributed by atoms with Crippen LogP contribution in [0.25, 0.3) is 0 Å². The Labute approximate surface area is 389 Å². The maximum absolute atomic E-state index is 2.63. The van der Waals surface area contributed by atoms with Crippen LogP contribution in [0.4, 0.5) is 0 Å². The summed E-state index contributed by atoms with van der Waals surface area (Å²) in [6, 6.07) is 108. The van der Waals surface area contributed by atoms with Gasteiger partial charge in [0.1, 0.15) is 8.07 Å². The van der Waals surface area contributed by atoms with Gasteiger partial charge in [0.25, 0.3) is 0 Å². The molecule has 0 unspecified atom stereocenters. The molecule has 0 saturated heterocycles. The number of benzene rings is 10. The van der Waals surface area contributed by atoms with Gasteiger partial charge in [-0.05, 0) is 64.0 Å². The van der Waals surface area contributed by atoms with E-state index < -0.39 is 24.2 Å². The second-order valence-electron chi connectivity index (χ2n) is 17.0. The highest BCUT2D eigenvalue weighted by molar-refractivity contribution is 7.21. The molecule has 0 heterocycles. The average Bonchev–Trinajstić information content (AvgIpc) is 3.40. The lowest BCUT2D eigenvalue weighted by atomic mass is 10.2. The lowest BCUT2D eigenvalue weighted by Gasteiger charge is -2.37. The molecule has 0 atom stereocenters. The molecular weight excluding hydrogens is 829 g/mol. The Balaban J connectivity index is 0.000000222. The minimum atomic E-state index is -2.63. The van der Waals surface area contributed by atoms with E-state index in [0.29, 0.717) is 0 Å². The molecule has 0 N–H and O–H groups in total. The van der Waals surface area contributed by atoms with Crippen molar-refractivity contribution in [3.05, 3.63) is 297 Å². The van der Waals surface area contributed by atoms with Crippen molar-refractivity contribution in [1.29, 1.82) is 0 Å². The number of hydrogen-bond acceptors (Lipinski definition) is 0. The highest BCUT2D eigenvalue weighted by Crippen LogP contribution is 2.14. The molecule has 0 spiro atoms. The van der Waals surface area contributed by atoms with Crippen LogP contribution in [-0.2, 0) is 0 Å². The highest BCUT2D eigenvalue weighted by atomic mass is 28.3. The predicted molar refractivity (Wildman–Crippen MR) is 288 cm³/mol. The normalized spacial score (nSPS) is 11.5. The van der Waals surface area contributed by atoms with Crippen LogP contribution in [0.5, 0.6) is 0 Å². The van der Waals surface area contributed by atoms with Crippen molar-refractivity contribution in [1.82, 2.24) is 0 Å². The van der Waals surface area contributed by atoms with Gasteiger partial charge in [-0.2, -0.15) is 0 Å². The molecule has 65 heavy (non-hydrogen) atoms. The van der Waals surface area contributed by atoms with E-state index in [4.69, 9.17) is 0 Å². The van der Waals surface area contributed by atoms with Gasteiger partial charge < -0.3 is 0 Å². The Morgan fingerprint density at radius 1 is 0.185 bits per heavy atom. The minimum Gasteiger partial charge on any atom is -0.0624 e. The van der Waals surface area contributed by atoms with E-state index in [1.54, 1.807) is 0 Å². The summed E-state index contributed by atoms with van der Waals surface area (Å²) in [5.41, 5.74) is 1.28. The monoisotopic (exact) mass is 882 g/mol. The molecule has 0 bridgehead atoms. The first-order valence-electron chi connectivity index (χ1n) is 22.7. The second kappa shape index (κ2) is 19.7. The van der Waals surface area contributed by atoms with Gasteiger partial charge in [0.2, 0.25) is 0 Å². The first kappa shape index (κ1) is 43.1. The standard InChI is InChI=1S/C43H36Si2.C19H18Si/c1-35-27-29-41(30-28-35)45(39-23-13-5-14-24-39,40-25-15-6-16-26-40)43-33-31-42(32-34-43)44(36-17-7-2-8-18-36,37-19-9-3-10-20-37)38-21-11-4-12-22-38;1-20(17-11-5-2-6-12-17,18-13-7-3-8-14-18)19-15-9-4-10-16-19/h2-34H,1H3;2-16H,1H3. The molecule has 10 rings (SSSR count). The van der Waals surface area contributed by atoms with E-state index in [1.807, 2.05) is 0 Å². The van der Waals surface area contributed by atoms with Gasteiger partial charge in [0.15, 0.2) is 16.1 Å². The molecule has 10 aromatic rings. The summed E-state index contributed by atoms with van der Waals surface area (Å²) >= 11 is 0. The first-order chi connectivity index (χ1) is 32.1. The topological polar surface area (TPSA) is 0 Å². The van der Waals surface area contributed by atoms with Crippen molar-refractivity contribution >= 4 is 81.3 Å². The lowest BCUT2D eigenvalue weighted by Crippen LogP contribution is -2.76. The summed E-state index contributed by atoms with van der Waals surface area (Å²) < 4.78 is 0. The van der Waals surface area contributed by atoms with E-state index in [0.717, 1.165) is 0 Å². The van der Waals surface area contributed by atoms with E-state index >= 15 is 0 Å². The van der Waals surface area contributed by atoms with Gasteiger partial charge in [-0.15, -0.1) is 0 Å². The minimum absolute atomic E-state index is 1.28. The van der Waals surface area contributed by atoms with Crippen molar-refractivity contribution in [3.63, 3.8) is 0 Å². The molecule has 0 aromatic heterocycles. The summed E-state index contributed by atoms with van der Waals surface area (Å²) in [6.45, 7) is 4.61. The molecule has 314 valence electrons. The molecule has 0 saturated carbocycles. The molecule has 0 aliphatic carbocycles. The van der Waals surface area contributed by atoms with Crippen molar-refractivity contribution in [2.45, 2.75) is 13.5 Å². The van der Waals surface area contributed by atoms with Crippen LogP contribution in [0, 0.1) is 6.92 Å². The van der Waals surface area contributed by atoms with Crippen molar-refractivity contribution < 1.29 is 0 Å². The van der Waals surface area contributed by atoms with Crippen LogP contribution in [0.15, 0.2) is 291 Å². The molecule has 0 aliphatic rings. The van der Waals surface area contributed by atoms with Gasteiger partial charge in [-0.1, -0.05) is 303 Å². The zero-order valence-corrected chi connectivity index (χ0v) is 40.2. The quantitative estimate of drug-likeness (QED) is 0.0932. The third-order valence-corrected chi connectivity index (χ3v) is 27.4. The Morgan fingerprint density at radius 2 is 0.338 bits per heavy atom. The van der Waals surface area contributed by atoms with Crippen molar-refractivity contribution in [3.8, 4) is 0 Å². The van der Waals surface area contributed by atoms with Gasteiger partial charge in [0, 0.05) is 0 Å². The van der Waals surface area contributed by atoms with Gasteiger partial charge >= 0.3 is 0 Å². The summed E-state index contributed by atoms with van der Waals surface area (Å²) in [5.74, 6) is 0. The maximum atomic E-state index is 2.46. The second-order valence-corrected chi connectivity index (χ2v) is 28.6. The number of hydrogen-bond donors (Lipinski definition) is 0. The predicted octanol–water partition coefficient (Wildman–Crippen LogP) is 7.54. The molecule has 0 nitrogen and oxygen atoms in total. The molecule has 10 aromatic carbocycles. The maximum Gasteiger partial charge on any atom is 0.179 e. The number of rotatable bonds is 11. The third-order valence-electron chi connectivity index (χ3n) is 13.3.